The summed E-state index contributed by atoms with van der Waals surface area (Å²) in [5, 5.41) is 3.17. The molecule has 6 nitrogen and oxygen atoms in total. The maximum Gasteiger partial charge on any atom is 0.278 e. The summed E-state index contributed by atoms with van der Waals surface area (Å²) in [6.45, 7) is 6.80. The molecule has 1 heterocycles. The molecular weight excluding hydrogens is 428 g/mol. The molecule has 174 valence electrons. The number of nitrogens with one attached hydrogen (secondary N) is 1. The minimum absolute atomic E-state index is 0.144. The Morgan fingerprint density at radius 1 is 0.794 bits per heavy atom. The van der Waals surface area contributed by atoms with Gasteiger partial charge < -0.3 is 14.8 Å². The quantitative estimate of drug-likeness (QED) is 0.460. The Balaban J connectivity index is 1.57. The van der Waals surface area contributed by atoms with Crippen molar-refractivity contribution < 1.29 is 19.1 Å². The standard InChI is InChI=1S/C28H28N2O4/c1-4-33-23-12-8-11-22(18-23)29-26-25(21-9-6-5-7-10-21)27(31)30(28(26)32)13-14-34-24-16-19(2)15-20(3)17-24/h5-12,15-18,29H,4,13-14H2,1-3H3. The number of hydrogen-bond donors (Lipinski definition) is 1. The first-order valence-electron chi connectivity index (χ1n) is 11.3. The predicted octanol–water partition coefficient (Wildman–Crippen LogP) is 4.97. The van der Waals surface area contributed by atoms with Crippen molar-refractivity contribution in [1.29, 1.82) is 0 Å². The average Bonchev–Trinajstić information content (AvgIpc) is 3.04. The number of nitrogens with zero attached hydrogens (tertiary/aromatic N) is 1. The van der Waals surface area contributed by atoms with E-state index in [1.54, 1.807) is 0 Å². The summed E-state index contributed by atoms with van der Waals surface area (Å²) in [5.74, 6) is 0.683. The molecule has 0 radical (unpaired) electrons. The number of hydrogen-bond acceptors (Lipinski definition) is 5. The maximum atomic E-state index is 13.4. The molecule has 0 aliphatic carbocycles. The van der Waals surface area contributed by atoms with Crippen LogP contribution in [0.15, 0.2) is 78.5 Å². The van der Waals surface area contributed by atoms with Gasteiger partial charge in [-0.3, -0.25) is 14.5 Å². The molecule has 0 spiro atoms. The number of anilines is 1. The van der Waals surface area contributed by atoms with Crippen LogP contribution in [0.25, 0.3) is 5.57 Å². The SMILES string of the molecule is CCOc1cccc(NC2=C(c3ccccc3)C(=O)N(CCOc3cc(C)cc(C)c3)C2=O)c1. The molecule has 0 fully saturated rings. The largest absolute Gasteiger partial charge is 0.494 e. The predicted molar refractivity (Wildman–Crippen MR) is 133 cm³/mol. The van der Waals surface area contributed by atoms with E-state index in [0.29, 0.717) is 29.2 Å². The normalized spacial score (nSPS) is 13.4. The Hall–Kier alpha value is -4.06. The molecule has 0 saturated carbocycles. The van der Waals surface area contributed by atoms with Crippen molar-refractivity contribution in [2.24, 2.45) is 0 Å². The van der Waals surface area contributed by atoms with Crippen LogP contribution in [0.4, 0.5) is 5.69 Å². The molecule has 3 aromatic rings. The van der Waals surface area contributed by atoms with E-state index >= 15 is 0 Å². The lowest BCUT2D eigenvalue weighted by Crippen LogP contribution is -2.36. The summed E-state index contributed by atoms with van der Waals surface area (Å²) in [4.78, 5) is 28.0. The van der Waals surface area contributed by atoms with Crippen LogP contribution in [-0.2, 0) is 9.59 Å². The Labute approximate surface area is 199 Å². The fraction of sp³-hybridized carbons (Fsp3) is 0.214. The monoisotopic (exact) mass is 456 g/mol. The number of ether oxygens (including phenoxy) is 2. The smallest absolute Gasteiger partial charge is 0.278 e. The van der Waals surface area contributed by atoms with Crippen LogP contribution in [-0.4, -0.2) is 36.5 Å². The molecule has 0 bridgehead atoms. The average molecular weight is 457 g/mol. The summed E-state index contributed by atoms with van der Waals surface area (Å²) >= 11 is 0. The zero-order valence-corrected chi connectivity index (χ0v) is 19.6. The van der Waals surface area contributed by atoms with Crippen molar-refractivity contribution in [3.8, 4) is 11.5 Å². The highest BCUT2D eigenvalue weighted by Crippen LogP contribution is 2.31. The highest BCUT2D eigenvalue weighted by molar-refractivity contribution is 6.36. The molecule has 1 aliphatic heterocycles. The number of carbonyl (C=O) groups is 2. The second-order valence-electron chi connectivity index (χ2n) is 8.14. The van der Waals surface area contributed by atoms with E-state index in [9.17, 15) is 9.59 Å². The van der Waals surface area contributed by atoms with Crippen molar-refractivity contribution >= 4 is 23.1 Å². The first-order valence-corrected chi connectivity index (χ1v) is 11.3. The lowest BCUT2D eigenvalue weighted by molar-refractivity contribution is -0.137. The van der Waals surface area contributed by atoms with Crippen LogP contribution in [0.2, 0.25) is 0 Å². The van der Waals surface area contributed by atoms with E-state index in [1.807, 2.05) is 87.5 Å². The summed E-state index contributed by atoms with van der Waals surface area (Å²) in [6.07, 6.45) is 0. The lowest BCUT2D eigenvalue weighted by atomic mass is 10.0. The molecular formula is C28H28N2O4. The lowest BCUT2D eigenvalue weighted by Gasteiger charge is -2.16. The fourth-order valence-corrected chi connectivity index (χ4v) is 4.01. The van der Waals surface area contributed by atoms with Gasteiger partial charge in [0.2, 0.25) is 0 Å². The van der Waals surface area contributed by atoms with Gasteiger partial charge in [-0.15, -0.1) is 0 Å². The maximum absolute atomic E-state index is 13.4. The van der Waals surface area contributed by atoms with Crippen molar-refractivity contribution in [2.75, 3.05) is 25.1 Å². The topological polar surface area (TPSA) is 67.9 Å². The molecule has 6 heteroatoms. The Morgan fingerprint density at radius 3 is 2.24 bits per heavy atom. The van der Waals surface area contributed by atoms with Crippen molar-refractivity contribution in [2.45, 2.75) is 20.8 Å². The van der Waals surface area contributed by atoms with Crippen LogP contribution in [0.1, 0.15) is 23.6 Å². The van der Waals surface area contributed by atoms with Gasteiger partial charge in [0.05, 0.1) is 18.7 Å². The molecule has 34 heavy (non-hydrogen) atoms. The van der Waals surface area contributed by atoms with E-state index in [0.717, 1.165) is 16.9 Å². The minimum atomic E-state index is -0.380. The zero-order valence-electron chi connectivity index (χ0n) is 19.6. The van der Waals surface area contributed by atoms with Crippen molar-refractivity contribution in [1.82, 2.24) is 4.90 Å². The van der Waals surface area contributed by atoms with Crippen LogP contribution in [0, 0.1) is 13.8 Å². The Kier molecular flexibility index (Phi) is 6.97. The summed E-state index contributed by atoms with van der Waals surface area (Å²) in [5.41, 5.74) is 4.13. The third-order valence-electron chi connectivity index (χ3n) is 5.42. The molecule has 0 atom stereocenters. The molecule has 4 rings (SSSR count). The molecule has 3 aromatic carbocycles. The van der Waals surface area contributed by atoms with Crippen LogP contribution >= 0.6 is 0 Å². The van der Waals surface area contributed by atoms with Crippen LogP contribution < -0.4 is 14.8 Å². The van der Waals surface area contributed by atoms with Crippen molar-refractivity contribution in [3.63, 3.8) is 0 Å². The van der Waals surface area contributed by atoms with E-state index in [2.05, 4.69) is 11.4 Å². The second-order valence-corrected chi connectivity index (χ2v) is 8.14. The molecule has 0 aromatic heterocycles. The third kappa shape index (κ3) is 5.12. The first-order chi connectivity index (χ1) is 16.5. The van der Waals surface area contributed by atoms with E-state index < -0.39 is 0 Å². The fourth-order valence-electron chi connectivity index (χ4n) is 4.01. The number of aryl methyl sites for hydroxylation is 2. The molecule has 0 unspecified atom stereocenters. The van der Waals surface area contributed by atoms with Crippen LogP contribution in [0.5, 0.6) is 11.5 Å². The minimum Gasteiger partial charge on any atom is -0.494 e. The van der Waals surface area contributed by atoms with Gasteiger partial charge in [0.25, 0.3) is 11.8 Å². The number of benzene rings is 3. The van der Waals surface area contributed by atoms with Gasteiger partial charge in [-0.25, -0.2) is 0 Å². The number of rotatable bonds is 9. The molecule has 2 amide bonds. The van der Waals surface area contributed by atoms with E-state index in [-0.39, 0.29) is 30.7 Å². The Morgan fingerprint density at radius 2 is 1.53 bits per heavy atom. The van der Waals surface area contributed by atoms with Gasteiger partial charge in [0.1, 0.15) is 23.8 Å². The van der Waals surface area contributed by atoms with Gasteiger partial charge in [-0.1, -0.05) is 42.5 Å². The summed E-state index contributed by atoms with van der Waals surface area (Å²) in [7, 11) is 0. The Bertz CT molecular complexity index is 1210. The van der Waals surface area contributed by atoms with E-state index in [4.69, 9.17) is 9.47 Å². The number of carbonyl (C=O) groups excluding carboxylic acids is 2. The van der Waals surface area contributed by atoms with Gasteiger partial charge >= 0.3 is 0 Å². The van der Waals surface area contributed by atoms with Crippen molar-refractivity contribution in [3.05, 3.63) is 95.2 Å². The van der Waals surface area contributed by atoms with Gasteiger partial charge in [0, 0.05) is 11.8 Å². The molecule has 0 saturated heterocycles. The zero-order chi connectivity index (χ0) is 24.1. The van der Waals surface area contributed by atoms with E-state index in [1.165, 1.54) is 4.90 Å². The van der Waals surface area contributed by atoms with Crippen LogP contribution in [0.3, 0.4) is 0 Å². The molecule has 1 N–H and O–H groups in total. The first kappa shape index (κ1) is 23.1. The number of amides is 2. The third-order valence-corrected chi connectivity index (χ3v) is 5.42. The number of imide groups is 1. The highest BCUT2D eigenvalue weighted by atomic mass is 16.5. The second kappa shape index (κ2) is 10.3. The molecule has 1 aliphatic rings. The van der Waals surface area contributed by atoms with Gasteiger partial charge in [-0.05, 0) is 61.7 Å². The van der Waals surface area contributed by atoms with Gasteiger partial charge in [0.15, 0.2) is 0 Å². The highest BCUT2D eigenvalue weighted by Gasteiger charge is 2.39. The van der Waals surface area contributed by atoms with Gasteiger partial charge in [-0.2, -0.15) is 0 Å². The summed E-state index contributed by atoms with van der Waals surface area (Å²) in [6, 6.07) is 22.5. The summed E-state index contributed by atoms with van der Waals surface area (Å²) < 4.78 is 11.4.